The summed E-state index contributed by atoms with van der Waals surface area (Å²) in [4.78, 5) is 27.8. The van der Waals surface area contributed by atoms with E-state index in [0.717, 1.165) is 22.2 Å². The first kappa shape index (κ1) is 29.7. The zero-order valence-corrected chi connectivity index (χ0v) is 25.9. The number of anilines is 1. The molecule has 3 atom stereocenters. The quantitative estimate of drug-likeness (QED) is 0.282. The molecule has 1 N–H and O–H groups in total. The highest BCUT2D eigenvalue weighted by Gasteiger charge is 2.34. The minimum atomic E-state index is -0.552. The van der Waals surface area contributed by atoms with Crippen molar-refractivity contribution < 1.29 is 13.9 Å². The summed E-state index contributed by atoms with van der Waals surface area (Å²) < 4.78 is 23.0. The fourth-order valence-corrected chi connectivity index (χ4v) is 6.22. The van der Waals surface area contributed by atoms with Gasteiger partial charge in [-0.05, 0) is 72.5 Å². The molecule has 5 rings (SSSR count). The predicted octanol–water partition coefficient (Wildman–Crippen LogP) is 5.52. The SMILES string of the molecule is C=CC(=O)N1C[C@H](C)N(c2nc(OC(C)CN(C)C)nc3c(F)c(-c4c(C)ccc5[nH]nc(C)c45)c(Cl)cc23)C[C@H]1C. The van der Waals surface area contributed by atoms with E-state index in [4.69, 9.17) is 21.3 Å². The van der Waals surface area contributed by atoms with Crippen LogP contribution in [0, 0.1) is 19.7 Å². The highest BCUT2D eigenvalue weighted by molar-refractivity contribution is 6.35. The lowest BCUT2D eigenvalue weighted by Gasteiger charge is -2.44. The molecule has 4 aromatic rings. The van der Waals surface area contributed by atoms with Gasteiger partial charge in [0.2, 0.25) is 5.91 Å². The molecule has 0 spiro atoms. The molecule has 1 unspecified atom stereocenters. The number of nitrogens with zero attached hydrogens (tertiary/aromatic N) is 6. The van der Waals surface area contributed by atoms with E-state index >= 15 is 4.39 Å². The third-order valence-electron chi connectivity index (χ3n) is 7.86. The first-order valence-electron chi connectivity index (χ1n) is 14.1. The van der Waals surface area contributed by atoms with Gasteiger partial charge < -0.3 is 19.4 Å². The molecular weight excluding hydrogens is 557 g/mol. The summed E-state index contributed by atoms with van der Waals surface area (Å²) in [6, 6.07) is 5.42. The van der Waals surface area contributed by atoms with Gasteiger partial charge in [-0.2, -0.15) is 15.1 Å². The minimum absolute atomic E-state index is 0.0814. The second kappa shape index (κ2) is 11.5. The molecular formula is C31H37ClFN7O2. The maximum atomic E-state index is 16.9. The largest absolute Gasteiger partial charge is 0.459 e. The maximum Gasteiger partial charge on any atom is 0.319 e. The summed E-state index contributed by atoms with van der Waals surface area (Å²) in [5.41, 5.74) is 3.46. The molecule has 0 aliphatic carbocycles. The summed E-state index contributed by atoms with van der Waals surface area (Å²) in [6.45, 7) is 14.9. The monoisotopic (exact) mass is 593 g/mol. The van der Waals surface area contributed by atoms with Crippen molar-refractivity contribution in [3.8, 4) is 17.1 Å². The zero-order valence-electron chi connectivity index (χ0n) is 25.1. The number of halogens is 2. The van der Waals surface area contributed by atoms with Crippen molar-refractivity contribution in [2.75, 3.05) is 38.6 Å². The third-order valence-corrected chi connectivity index (χ3v) is 8.15. The molecule has 42 heavy (non-hydrogen) atoms. The summed E-state index contributed by atoms with van der Waals surface area (Å²) >= 11 is 6.93. The lowest BCUT2D eigenvalue weighted by molar-refractivity contribution is -0.128. The molecule has 3 heterocycles. The van der Waals surface area contributed by atoms with Crippen LogP contribution in [-0.2, 0) is 4.79 Å². The van der Waals surface area contributed by atoms with Gasteiger partial charge in [0.05, 0.1) is 16.2 Å². The lowest BCUT2D eigenvalue weighted by atomic mass is 9.94. The number of aromatic nitrogens is 4. The normalized spacial score (nSPS) is 18.2. The van der Waals surface area contributed by atoms with Crippen molar-refractivity contribution in [1.29, 1.82) is 0 Å². The Balaban J connectivity index is 1.73. The van der Waals surface area contributed by atoms with E-state index in [1.165, 1.54) is 6.08 Å². The van der Waals surface area contributed by atoms with Gasteiger partial charge in [-0.15, -0.1) is 0 Å². The number of likely N-dealkylation sites (N-methyl/N-ethyl adjacent to an activating group) is 1. The molecule has 11 heteroatoms. The van der Waals surface area contributed by atoms with Gasteiger partial charge in [0, 0.05) is 53.6 Å². The average Bonchev–Trinajstić information content (AvgIpc) is 3.30. The van der Waals surface area contributed by atoms with Crippen LogP contribution in [0.5, 0.6) is 6.01 Å². The fraction of sp³-hybridized carbons (Fsp3) is 0.419. The van der Waals surface area contributed by atoms with Gasteiger partial charge in [-0.3, -0.25) is 9.89 Å². The summed E-state index contributed by atoms with van der Waals surface area (Å²) in [6.07, 6.45) is 1.08. The number of carbonyl (C=O) groups excluding carboxylic acids is 1. The van der Waals surface area contributed by atoms with Gasteiger partial charge in [0.1, 0.15) is 17.4 Å². The highest BCUT2D eigenvalue weighted by atomic mass is 35.5. The lowest BCUT2D eigenvalue weighted by Crippen LogP contribution is -2.58. The molecule has 1 saturated heterocycles. The van der Waals surface area contributed by atoms with Crippen molar-refractivity contribution in [3.63, 3.8) is 0 Å². The number of aryl methyl sites for hydroxylation is 2. The number of hydrogen-bond acceptors (Lipinski definition) is 7. The Morgan fingerprint density at radius 2 is 1.98 bits per heavy atom. The van der Waals surface area contributed by atoms with Gasteiger partial charge in [-0.25, -0.2) is 4.39 Å². The van der Waals surface area contributed by atoms with E-state index in [1.807, 2.05) is 65.7 Å². The van der Waals surface area contributed by atoms with Crippen molar-refractivity contribution in [3.05, 3.63) is 53.0 Å². The van der Waals surface area contributed by atoms with Crippen molar-refractivity contribution in [2.45, 2.75) is 52.8 Å². The van der Waals surface area contributed by atoms with E-state index in [9.17, 15) is 4.79 Å². The van der Waals surface area contributed by atoms with Crippen LogP contribution >= 0.6 is 11.6 Å². The topological polar surface area (TPSA) is 90.5 Å². The second-order valence-electron chi connectivity index (χ2n) is 11.5. The summed E-state index contributed by atoms with van der Waals surface area (Å²) in [5.74, 6) is -0.164. The molecule has 9 nitrogen and oxygen atoms in total. The van der Waals surface area contributed by atoms with E-state index < -0.39 is 5.82 Å². The molecule has 0 saturated carbocycles. The van der Waals surface area contributed by atoms with Gasteiger partial charge in [-0.1, -0.05) is 24.2 Å². The number of hydrogen-bond donors (Lipinski definition) is 1. The number of nitrogens with one attached hydrogen (secondary N) is 1. The number of fused-ring (bicyclic) bond motifs is 2. The summed E-state index contributed by atoms with van der Waals surface area (Å²) in [5, 5.41) is 8.90. The number of piperazine rings is 1. The molecule has 1 fully saturated rings. The Bertz CT molecular complexity index is 1690. The molecule has 2 aromatic carbocycles. The number of carbonyl (C=O) groups is 1. The van der Waals surface area contributed by atoms with Crippen LogP contribution in [0.4, 0.5) is 10.2 Å². The van der Waals surface area contributed by atoms with Gasteiger partial charge in [0.15, 0.2) is 5.82 Å². The zero-order chi connectivity index (χ0) is 30.5. The van der Waals surface area contributed by atoms with Crippen LogP contribution in [0.15, 0.2) is 30.9 Å². The molecule has 1 amide bonds. The van der Waals surface area contributed by atoms with Crippen molar-refractivity contribution in [2.24, 2.45) is 0 Å². The Kier molecular flexibility index (Phi) is 8.13. The highest BCUT2D eigenvalue weighted by Crippen LogP contribution is 2.43. The number of amides is 1. The Morgan fingerprint density at radius 1 is 1.24 bits per heavy atom. The number of aromatic amines is 1. The Morgan fingerprint density at radius 3 is 2.67 bits per heavy atom. The number of ether oxygens (including phenoxy) is 1. The van der Waals surface area contributed by atoms with Gasteiger partial charge >= 0.3 is 6.01 Å². The first-order valence-corrected chi connectivity index (χ1v) is 14.4. The standard InChI is InChI=1S/C31H37ClFN7O2/c1-9-24(41)39-13-18(4)40(14-17(39)3)30-21-12-22(32)27(25-16(2)10-11-23-26(25)20(6)36-37-23)28(33)29(21)34-31(35-30)42-19(5)15-38(7)8/h9-12,17-19H,1,13-15H2,2-8H3,(H,36,37)/t17-,18+,19?/m1/s1. The van der Waals surface area contributed by atoms with Crippen LogP contribution in [0.1, 0.15) is 32.0 Å². The first-order chi connectivity index (χ1) is 19.9. The van der Waals surface area contributed by atoms with Crippen LogP contribution in [0.3, 0.4) is 0 Å². The predicted molar refractivity (Wildman–Crippen MR) is 166 cm³/mol. The average molecular weight is 594 g/mol. The van der Waals surface area contributed by atoms with E-state index in [-0.39, 0.29) is 46.2 Å². The number of H-pyrrole nitrogens is 1. The number of rotatable bonds is 7. The minimum Gasteiger partial charge on any atom is -0.459 e. The van der Waals surface area contributed by atoms with Gasteiger partial charge in [0.25, 0.3) is 0 Å². The molecule has 222 valence electrons. The van der Waals surface area contributed by atoms with Crippen LogP contribution in [-0.4, -0.2) is 87.8 Å². The number of benzene rings is 2. The summed E-state index contributed by atoms with van der Waals surface area (Å²) in [7, 11) is 3.91. The Hall–Kier alpha value is -3.76. The van der Waals surface area contributed by atoms with Crippen LogP contribution in [0.25, 0.3) is 32.9 Å². The van der Waals surface area contributed by atoms with Crippen LogP contribution in [0.2, 0.25) is 5.02 Å². The Labute approximate surface area is 250 Å². The van der Waals surface area contributed by atoms with E-state index in [0.29, 0.717) is 36.4 Å². The van der Waals surface area contributed by atoms with Crippen LogP contribution < -0.4 is 9.64 Å². The maximum absolute atomic E-state index is 16.9. The van der Waals surface area contributed by atoms with E-state index in [1.54, 1.807) is 11.0 Å². The van der Waals surface area contributed by atoms with E-state index in [2.05, 4.69) is 26.7 Å². The second-order valence-corrected chi connectivity index (χ2v) is 11.9. The fourth-order valence-electron chi connectivity index (χ4n) is 5.94. The smallest absolute Gasteiger partial charge is 0.319 e. The van der Waals surface area contributed by atoms with Crippen molar-refractivity contribution >= 4 is 45.1 Å². The molecule has 0 radical (unpaired) electrons. The van der Waals surface area contributed by atoms with Crippen molar-refractivity contribution in [1.82, 2.24) is 30.0 Å². The molecule has 1 aliphatic heterocycles. The third kappa shape index (κ3) is 5.29. The molecule has 0 bridgehead atoms. The molecule has 2 aromatic heterocycles. The molecule has 1 aliphatic rings.